The van der Waals surface area contributed by atoms with Crippen molar-refractivity contribution in [2.45, 2.75) is 189 Å². The molecule has 4 saturated carbocycles. The van der Waals surface area contributed by atoms with Crippen LogP contribution in [0.15, 0.2) is 29.8 Å². The topological polar surface area (TPSA) is 190 Å². The highest BCUT2D eigenvalue weighted by Gasteiger charge is 2.69. The first-order valence-corrected chi connectivity index (χ1v) is 28.2. The lowest BCUT2D eigenvalue weighted by atomic mass is 9.33. The highest BCUT2D eigenvalue weighted by molar-refractivity contribution is 6.26. The van der Waals surface area contributed by atoms with Crippen molar-refractivity contribution in [1.82, 2.24) is 15.5 Å². The third-order valence-corrected chi connectivity index (χ3v) is 20.2. The maximum Gasteiger partial charge on any atom is 0.264 e. The lowest BCUT2D eigenvalue weighted by Gasteiger charge is -2.71. The van der Waals surface area contributed by atoms with E-state index in [4.69, 9.17) is 14.2 Å². The summed E-state index contributed by atoms with van der Waals surface area (Å²) in [5.74, 6) is -0.954. The number of nitrogens with one attached hydrogen (secondary N) is 3. The Bertz CT molecular complexity index is 2280. The molecule has 0 bridgehead atoms. The van der Waals surface area contributed by atoms with E-state index in [-0.39, 0.29) is 80.6 Å². The number of nitrogens with zero attached hydrogens (tertiary/aromatic N) is 1. The number of ether oxygens (including phenoxy) is 3. The molecule has 2 heterocycles. The molecule has 73 heavy (non-hydrogen) atoms. The number of hydrogen-bond donors (Lipinski definition) is 4. The van der Waals surface area contributed by atoms with Gasteiger partial charge in [0.1, 0.15) is 6.04 Å². The predicted molar refractivity (Wildman–Crippen MR) is 279 cm³/mol. The van der Waals surface area contributed by atoms with Crippen LogP contribution >= 0.6 is 0 Å². The molecule has 1 aromatic carbocycles. The van der Waals surface area contributed by atoms with Gasteiger partial charge in [0, 0.05) is 32.6 Å². The van der Waals surface area contributed by atoms with Crippen molar-refractivity contribution in [3.05, 3.63) is 41.0 Å². The summed E-state index contributed by atoms with van der Waals surface area (Å²) in [4.78, 5) is 78.6. The monoisotopic (exact) mass is 1010 g/mol. The summed E-state index contributed by atoms with van der Waals surface area (Å²) in [6.07, 6.45) is 19.8. The number of carbonyl (C=O) groups excluding carboxylic acids is 6. The molecule has 0 spiro atoms. The number of unbranched alkanes of at least 4 members (excludes halogenated alkanes) is 5. The number of piperidine rings is 1. The first-order chi connectivity index (χ1) is 34.7. The van der Waals surface area contributed by atoms with E-state index >= 15 is 0 Å². The molecule has 4 N–H and O–H groups in total. The van der Waals surface area contributed by atoms with Crippen LogP contribution in [0, 0.1) is 50.2 Å². The van der Waals surface area contributed by atoms with Crippen molar-refractivity contribution < 1.29 is 48.1 Å². The van der Waals surface area contributed by atoms with Crippen molar-refractivity contribution >= 4 is 41.1 Å². The zero-order valence-corrected chi connectivity index (χ0v) is 45.4. The van der Waals surface area contributed by atoms with E-state index in [1.54, 1.807) is 17.7 Å². The van der Waals surface area contributed by atoms with E-state index in [1.165, 1.54) is 18.9 Å². The van der Waals surface area contributed by atoms with E-state index in [0.29, 0.717) is 69.7 Å². The molecule has 1 saturated heterocycles. The van der Waals surface area contributed by atoms with Gasteiger partial charge in [-0.05, 0) is 153 Å². The molecular weight excluding hydrogens is 925 g/mol. The highest BCUT2D eigenvalue weighted by Crippen LogP contribution is 2.75. The molecule has 1 aromatic rings. The lowest BCUT2D eigenvalue weighted by molar-refractivity contribution is -0.203. The molecule has 9 atom stereocenters. The third kappa shape index (κ3) is 10.8. The average molecular weight is 1010 g/mol. The number of aliphatic hydroxyl groups excluding tert-OH is 1. The molecule has 7 aliphatic rings. The number of fused-ring (bicyclic) bond motifs is 8. The molecule has 5 aliphatic carbocycles. The Morgan fingerprint density at radius 1 is 0.740 bits per heavy atom. The second kappa shape index (κ2) is 22.3. The SMILES string of the molecule is CC1(C)CC[C@]2(C(=O)NCCCCCCOCCOCCOCCCCCC(=O)Nc3cccc4c3C(=O)N(C3CCC(=O)NC3=O)C4=O)CC[C@]3(C)C(=CC[C@@H]4[C@@]5(C)CC[C@H](O)C(C)(C)[C@@H]5CC[C@]43C)[C@@H]2C1. The van der Waals surface area contributed by atoms with Gasteiger partial charge in [-0.3, -0.25) is 39.0 Å². The summed E-state index contributed by atoms with van der Waals surface area (Å²) in [6, 6.07) is 3.57. The van der Waals surface area contributed by atoms with Crippen LogP contribution in [0.5, 0.6) is 0 Å². The summed E-state index contributed by atoms with van der Waals surface area (Å²) < 4.78 is 17.2. The van der Waals surface area contributed by atoms with Gasteiger partial charge in [0.05, 0.1) is 54.8 Å². The third-order valence-electron chi connectivity index (χ3n) is 20.2. The Morgan fingerprint density at radius 3 is 2.12 bits per heavy atom. The Hall–Kier alpha value is -3.98. The quantitative estimate of drug-likeness (QED) is 0.0495. The smallest absolute Gasteiger partial charge is 0.264 e. The standard InChI is InChI=1S/C59H88N4O10/c1-54(2)27-29-59(30-28-57(6)40(41(59)38-54)19-21-45-56(5)25-24-46(64)55(3,4)44(56)23-26-58(45,57)7)53(70)60-31-12-8-9-13-32-71-34-36-73-37-35-72-33-14-10-11-18-47(65)61-42-17-15-16-39-49(42)52(69)63(51(39)68)43-20-22-48(66)62-50(43)67/h15-17,19,41,43-46,64H,8-14,18,20-38H2,1-7H3,(H,60,70)(H,61,65)(H,62,66,67)/t41-,43?,44-,45+,46-,56-,57+,58+,59-/m0/s1. The summed E-state index contributed by atoms with van der Waals surface area (Å²) in [7, 11) is 0. The highest BCUT2D eigenvalue weighted by atomic mass is 16.5. The summed E-state index contributed by atoms with van der Waals surface area (Å²) >= 11 is 0. The van der Waals surface area contributed by atoms with Crippen LogP contribution in [0.4, 0.5) is 5.69 Å². The number of benzene rings is 1. The van der Waals surface area contributed by atoms with E-state index in [1.807, 2.05) is 0 Å². The molecule has 14 nitrogen and oxygen atoms in total. The molecule has 6 amide bonds. The van der Waals surface area contributed by atoms with Crippen LogP contribution in [0.1, 0.15) is 198 Å². The fourth-order valence-electron chi connectivity index (χ4n) is 15.7. The Kier molecular flexibility index (Phi) is 16.9. The lowest BCUT2D eigenvalue weighted by Crippen LogP contribution is -2.65. The first kappa shape index (κ1) is 55.3. The number of allylic oxidation sites excluding steroid dienone is 2. The van der Waals surface area contributed by atoms with Crippen molar-refractivity contribution in [2.24, 2.45) is 50.2 Å². The molecule has 5 fully saturated rings. The van der Waals surface area contributed by atoms with Crippen LogP contribution in [0.3, 0.4) is 0 Å². The fourth-order valence-corrected chi connectivity index (χ4v) is 15.7. The minimum absolute atomic E-state index is 0.0314. The zero-order chi connectivity index (χ0) is 52.4. The van der Waals surface area contributed by atoms with E-state index in [2.05, 4.69) is 70.5 Å². The maximum absolute atomic E-state index is 14.5. The van der Waals surface area contributed by atoms with Crippen LogP contribution in [-0.4, -0.2) is 104 Å². The van der Waals surface area contributed by atoms with E-state index in [0.717, 1.165) is 101 Å². The molecule has 14 heteroatoms. The molecule has 2 aliphatic heterocycles. The second-order valence-electron chi connectivity index (χ2n) is 25.3. The van der Waals surface area contributed by atoms with Gasteiger partial charge in [-0.1, -0.05) is 85.4 Å². The zero-order valence-electron chi connectivity index (χ0n) is 45.4. The maximum atomic E-state index is 14.5. The number of anilines is 1. The fraction of sp³-hybridized carbons (Fsp3) is 0.763. The first-order valence-electron chi connectivity index (χ1n) is 28.2. The van der Waals surface area contributed by atoms with Gasteiger partial charge < -0.3 is 30.0 Å². The van der Waals surface area contributed by atoms with Crippen LogP contribution in [0.2, 0.25) is 0 Å². The van der Waals surface area contributed by atoms with Crippen molar-refractivity contribution in [1.29, 1.82) is 0 Å². The molecule has 1 unspecified atom stereocenters. The van der Waals surface area contributed by atoms with E-state index in [9.17, 15) is 33.9 Å². The van der Waals surface area contributed by atoms with Gasteiger partial charge in [0.15, 0.2) is 0 Å². The van der Waals surface area contributed by atoms with Gasteiger partial charge in [-0.15, -0.1) is 0 Å². The van der Waals surface area contributed by atoms with Gasteiger partial charge in [-0.25, -0.2) is 0 Å². The number of hydrogen-bond acceptors (Lipinski definition) is 10. The van der Waals surface area contributed by atoms with Gasteiger partial charge in [0.2, 0.25) is 23.6 Å². The Labute approximate surface area is 435 Å². The van der Waals surface area contributed by atoms with Crippen LogP contribution < -0.4 is 16.0 Å². The second-order valence-corrected chi connectivity index (χ2v) is 25.3. The van der Waals surface area contributed by atoms with Gasteiger partial charge in [-0.2, -0.15) is 0 Å². The predicted octanol–water partition coefficient (Wildman–Crippen LogP) is 9.48. The average Bonchev–Trinajstić information content (AvgIpc) is 3.59. The Morgan fingerprint density at radius 2 is 1.41 bits per heavy atom. The molecule has 404 valence electrons. The number of aliphatic hydroxyl groups is 1. The van der Waals surface area contributed by atoms with Gasteiger partial charge in [0.25, 0.3) is 11.8 Å². The summed E-state index contributed by atoms with van der Waals surface area (Å²) in [6.45, 7) is 21.2. The summed E-state index contributed by atoms with van der Waals surface area (Å²) in [5, 5.41) is 19.6. The van der Waals surface area contributed by atoms with E-state index < -0.39 is 29.7 Å². The van der Waals surface area contributed by atoms with Crippen molar-refractivity contribution in [3.63, 3.8) is 0 Å². The van der Waals surface area contributed by atoms with Crippen molar-refractivity contribution in [2.75, 3.05) is 51.5 Å². The minimum Gasteiger partial charge on any atom is -0.393 e. The molecule has 8 rings (SSSR count). The molecule has 0 aromatic heterocycles. The van der Waals surface area contributed by atoms with Crippen LogP contribution in [0.25, 0.3) is 0 Å². The van der Waals surface area contributed by atoms with Crippen LogP contribution in [-0.2, 0) is 33.4 Å². The number of rotatable bonds is 22. The normalized spacial score (nSPS) is 33.1. The largest absolute Gasteiger partial charge is 0.393 e. The molecular formula is C59H88N4O10. The number of imide groups is 2. The number of amides is 6. The minimum atomic E-state index is -1.07. The Balaban J connectivity index is 0.659. The van der Waals surface area contributed by atoms with Gasteiger partial charge >= 0.3 is 0 Å². The molecule has 0 radical (unpaired) electrons. The summed E-state index contributed by atoms with van der Waals surface area (Å²) in [5.41, 5.74) is 2.36. The number of carbonyl (C=O) groups is 6. The van der Waals surface area contributed by atoms with Crippen molar-refractivity contribution in [3.8, 4) is 0 Å².